The van der Waals surface area contributed by atoms with Gasteiger partial charge in [0.1, 0.15) is 0 Å². The lowest BCUT2D eigenvalue weighted by Gasteiger charge is -2.28. The van der Waals surface area contributed by atoms with E-state index in [0.717, 1.165) is 19.6 Å². The summed E-state index contributed by atoms with van der Waals surface area (Å²) >= 11 is 0. The predicted molar refractivity (Wildman–Crippen MR) is 62.5 cm³/mol. The van der Waals surface area contributed by atoms with Crippen molar-refractivity contribution in [2.24, 2.45) is 0 Å². The molecule has 0 saturated carbocycles. The van der Waals surface area contributed by atoms with Crippen molar-refractivity contribution in [2.45, 2.75) is 19.8 Å². The molecule has 0 aromatic heterocycles. The first-order chi connectivity index (χ1) is 6.86. The van der Waals surface area contributed by atoms with Crippen LogP contribution in [0.15, 0.2) is 24.3 Å². The van der Waals surface area contributed by atoms with Crippen LogP contribution in [0.3, 0.4) is 0 Å². The van der Waals surface area contributed by atoms with Crippen LogP contribution in [0.1, 0.15) is 19.8 Å². The number of allylic oxidation sites excluding steroid dienone is 2. The van der Waals surface area contributed by atoms with Crippen LogP contribution in [0.4, 0.5) is 0 Å². The molecule has 0 aromatic rings. The van der Waals surface area contributed by atoms with E-state index in [2.05, 4.69) is 29.8 Å². The fourth-order valence-corrected chi connectivity index (χ4v) is 1.86. The van der Waals surface area contributed by atoms with Crippen LogP contribution in [0.5, 0.6) is 0 Å². The summed E-state index contributed by atoms with van der Waals surface area (Å²) in [6.45, 7) is 11.7. The van der Waals surface area contributed by atoms with Crippen molar-refractivity contribution in [3.05, 3.63) is 24.3 Å². The van der Waals surface area contributed by atoms with E-state index < -0.39 is 0 Å². The van der Waals surface area contributed by atoms with E-state index in [1.165, 1.54) is 31.5 Å². The molecule has 0 aromatic carbocycles. The molecule has 1 aliphatic heterocycles. The van der Waals surface area contributed by atoms with E-state index in [4.69, 9.17) is 0 Å². The third-order valence-corrected chi connectivity index (χ3v) is 2.56. The van der Waals surface area contributed by atoms with Crippen molar-refractivity contribution in [2.75, 3.05) is 32.7 Å². The molecule has 80 valence electrons. The zero-order valence-electron chi connectivity index (χ0n) is 9.26. The molecule has 0 amide bonds. The lowest BCUT2D eigenvalue weighted by molar-refractivity contribution is 0.257. The minimum absolute atomic E-state index is 1.13. The molecule has 2 heteroatoms. The number of hydrogen-bond donors (Lipinski definition) is 1. The number of nitrogens with one attached hydrogen (secondary N) is 1. The quantitative estimate of drug-likeness (QED) is 0.671. The van der Waals surface area contributed by atoms with Gasteiger partial charge in [0.25, 0.3) is 0 Å². The maximum Gasteiger partial charge on any atom is 0.0197 e. The topological polar surface area (TPSA) is 15.3 Å². The van der Waals surface area contributed by atoms with Crippen molar-refractivity contribution in [1.29, 1.82) is 0 Å². The van der Waals surface area contributed by atoms with E-state index in [0.29, 0.717) is 0 Å². The second kappa shape index (κ2) is 6.80. The summed E-state index contributed by atoms with van der Waals surface area (Å²) in [4.78, 5) is 2.52. The minimum atomic E-state index is 1.13. The maximum atomic E-state index is 3.77. The van der Waals surface area contributed by atoms with Crippen LogP contribution in [-0.2, 0) is 0 Å². The Balaban J connectivity index is 2.37. The van der Waals surface area contributed by atoms with Crippen molar-refractivity contribution >= 4 is 0 Å². The van der Waals surface area contributed by atoms with E-state index in [9.17, 15) is 0 Å². The molecule has 0 radical (unpaired) electrons. The first-order valence-electron chi connectivity index (χ1n) is 5.60. The van der Waals surface area contributed by atoms with Crippen LogP contribution in [-0.4, -0.2) is 37.6 Å². The highest BCUT2D eigenvalue weighted by molar-refractivity contribution is 5.12. The summed E-state index contributed by atoms with van der Waals surface area (Å²) in [6.07, 6.45) is 6.51. The van der Waals surface area contributed by atoms with Gasteiger partial charge in [-0.25, -0.2) is 0 Å². The average molecular weight is 194 g/mol. The van der Waals surface area contributed by atoms with E-state index >= 15 is 0 Å². The highest BCUT2D eigenvalue weighted by atomic mass is 15.2. The van der Waals surface area contributed by atoms with Crippen LogP contribution >= 0.6 is 0 Å². The molecule has 0 unspecified atom stereocenters. The zero-order chi connectivity index (χ0) is 10.2. The Morgan fingerprint density at radius 2 is 2.14 bits per heavy atom. The van der Waals surface area contributed by atoms with E-state index in [1.807, 2.05) is 6.08 Å². The number of rotatable bonds is 5. The fraction of sp³-hybridized carbons (Fsp3) is 0.667. The summed E-state index contributed by atoms with van der Waals surface area (Å²) < 4.78 is 0. The highest BCUT2D eigenvalue weighted by Gasteiger charge is 2.10. The Hall–Kier alpha value is -0.600. The summed E-state index contributed by atoms with van der Waals surface area (Å²) in [5.41, 5.74) is 1.52. The summed E-state index contributed by atoms with van der Waals surface area (Å²) in [6, 6.07) is 0. The molecular formula is C12H22N2. The monoisotopic (exact) mass is 194 g/mol. The van der Waals surface area contributed by atoms with Gasteiger partial charge in [0.15, 0.2) is 0 Å². The highest BCUT2D eigenvalue weighted by Crippen LogP contribution is 2.08. The molecule has 0 aliphatic carbocycles. The maximum absolute atomic E-state index is 3.77. The second-order valence-corrected chi connectivity index (χ2v) is 3.84. The molecule has 1 heterocycles. The molecule has 1 aliphatic rings. The molecule has 0 spiro atoms. The minimum Gasteiger partial charge on any atom is -0.314 e. The zero-order valence-corrected chi connectivity index (χ0v) is 9.26. The van der Waals surface area contributed by atoms with Crippen molar-refractivity contribution < 1.29 is 0 Å². The van der Waals surface area contributed by atoms with Gasteiger partial charge in [-0.1, -0.05) is 37.6 Å². The average Bonchev–Trinajstić information content (AvgIpc) is 2.20. The fourth-order valence-electron chi connectivity index (χ4n) is 1.86. The third kappa shape index (κ3) is 4.07. The van der Waals surface area contributed by atoms with Gasteiger partial charge in [-0.3, -0.25) is 4.90 Å². The first kappa shape index (κ1) is 11.5. The van der Waals surface area contributed by atoms with Gasteiger partial charge in [-0.05, 0) is 6.42 Å². The third-order valence-electron chi connectivity index (χ3n) is 2.56. The lowest BCUT2D eigenvalue weighted by atomic mass is 10.1. The molecule has 1 rings (SSSR count). The summed E-state index contributed by atoms with van der Waals surface area (Å²) in [7, 11) is 0. The van der Waals surface area contributed by atoms with Crippen LogP contribution in [0.2, 0.25) is 0 Å². The van der Waals surface area contributed by atoms with Gasteiger partial charge >= 0.3 is 0 Å². The number of hydrogen-bond acceptors (Lipinski definition) is 2. The van der Waals surface area contributed by atoms with Crippen LogP contribution < -0.4 is 5.32 Å². The van der Waals surface area contributed by atoms with Crippen molar-refractivity contribution in [3.8, 4) is 0 Å². The van der Waals surface area contributed by atoms with Gasteiger partial charge in [0.2, 0.25) is 0 Å². The number of piperazine rings is 1. The Morgan fingerprint density at radius 3 is 2.71 bits per heavy atom. The molecule has 1 N–H and O–H groups in total. The Labute approximate surface area is 87.7 Å². The SMILES string of the molecule is C=C/C=C(\CCC)CN1CCNCC1. The Morgan fingerprint density at radius 1 is 1.43 bits per heavy atom. The lowest BCUT2D eigenvalue weighted by Crippen LogP contribution is -2.44. The second-order valence-electron chi connectivity index (χ2n) is 3.84. The summed E-state index contributed by atoms with van der Waals surface area (Å²) in [5.74, 6) is 0. The Kier molecular flexibility index (Phi) is 5.57. The predicted octanol–water partition coefficient (Wildman–Crippen LogP) is 1.80. The van der Waals surface area contributed by atoms with Crippen molar-refractivity contribution in [3.63, 3.8) is 0 Å². The standard InChI is InChI=1S/C12H22N2/c1-3-5-12(6-4-2)11-14-9-7-13-8-10-14/h3,5,13H,1,4,6-11H2,2H3/b12-5+. The molecule has 1 saturated heterocycles. The Bertz CT molecular complexity index is 190. The van der Waals surface area contributed by atoms with Gasteiger partial charge in [-0.2, -0.15) is 0 Å². The van der Waals surface area contributed by atoms with E-state index in [1.54, 1.807) is 0 Å². The molecular weight excluding hydrogens is 172 g/mol. The van der Waals surface area contributed by atoms with Gasteiger partial charge in [-0.15, -0.1) is 0 Å². The first-order valence-corrected chi connectivity index (χ1v) is 5.60. The molecule has 14 heavy (non-hydrogen) atoms. The molecule has 2 nitrogen and oxygen atoms in total. The number of nitrogens with zero attached hydrogens (tertiary/aromatic N) is 1. The molecule has 0 atom stereocenters. The van der Waals surface area contributed by atoms with Gasteiger partial charge in [0.05, 0.1) is 0 Å². The summed E-state index contributed by atoms with van der Waals surface area (Å²) in [5, 5.41) is 3.37. The molecule has 0 bridgehead atoms. The normalized spacial score (nSPS) is 19.6. The van der Waals surface area contributed by atoms with Crippen LogP contribution in [0, 0.1) is 0 Å². The van der Waals surface area contributed by atoms with Gasteiger partial charge < -0.3 is 5.32 Å². The smallest absolute Gasteiger partial charge is 0.0197 e. The van der Waals surface area contributed by atoms with E-state index in [-0.39, 0.29) is 0 Å². The largest absolute Gasteiger partial charge is 0.314 e. The van der Waals surface area contributed by atoms with Crippen LogP contribution in [0.25, 0.3) is 0 Å². The molecule has 1 fully saturated rings. The van der Waals surface area contributed by atoms with Gasteiger partial charge in [0, 0.05) is 32.7 Å². The van der Waals surface area contributed by atoms with Crippen molar-refractivity contribution in [1.82, 2.24) is 10.2 Å².